The lowest BCUT2D eigenvalue weighted by Gasteiger charge is -2.10. The van der Waals surface area contributed by atoms with Gasteiger partial charge in [0.25, 0.3) is 5.56 Å². The maximum Gasteiger partial charge on any atom is 0.302 e. The Kier molecular flexibility index (Phi) is 3.30. The molecule has 0 bridgehead atoms. The molecule has 6 heteroatoms. The lowest BCUT2D eigenvalue weighted by atomic mass is 10.1. The van der Waals surface area contributed by atoms with Crippen molar-refractivity contribution in [3.8, 4) is 0 Å². The number of ether oxygens (including phenoxy) is 1. The number of aromatic nitrogens is 3. The van der Waals surface area contributed by atoms with E-state index in [9.17, 15) is 9.59 Å². The van der Waals surface area contributed by atoms with E-state index in [-0.39, 0.29) is 24.7 Å². The molecule has 0 aliphatic rings. The number of esters is 1. The van der Waals surface area contributed by atoms with E-state index in [1.54, 1.807) is 10.6 Å². The van der Waals surface area contributed by atoms with Crippen LogP contribution in [0.2, 0.25) is 0 Å². The van der Waals surface area contributed by atoms with Crippen molar-refractivity contribution in [3.05, 3.63) is 59.0 Å². The van der Waals surface area contributed by atoms with Gasteiger partial charge in [0.1, 0.15) is 23.4 Å². The lowest BCUT2D eigenvalue weighted by molar-refractivity contribution is -0.141. The van der Waals surface area contributed by atoms with E-state index in [4.69, 9.17) is 4.74 Å². The van der Waals surface area contributed by atoms with E-state index < -0.39 is 0 Å². The molecule has 0 saturated heterocycles. The zero-order valence-electron chi connectivity index (χ0n) is 13.1. The second kappa shape index (κ2) is 5.49. The first kappa shape index (κ1) is 14.4. The van der Waals surface area contributed by atoms with Crippen molar-refractivity contribution in [1.82, 2.24) is 14.0 Å². The Morgan fingerprint density at radius 1 is 1.12 bits per heavy atom. The fraction of sp³-hybridized carbons (Fsp3) is 0.167. The van der Waals surface area contributed by atoms with Crippen LogP contribution in [-0.4, -0.2) is 26.5 Å². The van der Waals surface area contributed by atoms with E-state index >= 15 is 0 Å². The van der Waals surface area contributed by atoms with Crippen LogP contribution >= 0.6 is 0 Å². The van der Waals surface area contributed by atoms with Crippen LogP contribution in [0.4, 0.5) is 0 Å². The molecular formula is C18H15N3O3. The average Bonchev–Trinajstić information content (AvgIpc) is 2.97. The molecule has 0 aliphatic carbocycles. The van der Waals surface area contributed by atoms with Gasteiger partial charge in [0.15, 0.2) is 0 Å². The molecule has 0 radical (unpaired) electrons. The van der Waals surface area contributed by atoms with Crippen LogP contribution in [0.25, 0.3) is 27.6 Å². The maximum absolute atomic E-state index is 12.9. The second-order valence-corrected chi connectivity index (χ2v) is 5.56. The normalized spacial score (nSPS) is 11.4. The molecule has 0 saturated carbocycles. The summed E-state index contributed by atoms with van der Waals surface area (Å²) < 4.78 is 8.53. The third-order valence-corrected chi connectivity index (χ3v) is 4.04. The van der Waals surface area contributed by atoms with E-state index in [0.717, 1.165) is 16.6 Å². The second-order valence-electron chi connectivity index (χ2n) is 5.56. The van der Waals surface area contributed by atoms with Crippen molar-refractivity contribution in [2.45, 2.75) is 13.5 Å². The Hall–Kier alpha value is -3.15. The summed E-state index contributed by atoms with van der Waals surface area (Å²) in [6.07, 6.45) is 1.88. The molecule has 3 aromatic heterocycles. The number of carbonyl (C=O) groups is 1. The number of carbonyl (C=O) groups excluding carboxylic acids is 1. The van der Waals surface area contributed by atoms with Crippen LogP contribution in [-0.2, 0) is 16.1 Å². The van der Waals surface area contributed by atoms with Gasteiger partial charge in [-0.3, -0.25) is 18.6 Å². The summed E-state index contributed by atoms with van der Waals surface area (Å²) in [4.78, 5) is 28.7. The number of imidazole rings is 1. The highest BCUT2D eigenvalue weighted by Gasteiger charge is 2.15. The zero-order valence-corrected chi connectivity index (χ0v) is 13.1. The third kappa shape index (κ3) is 2.15. The Morgan fingerprint density at radius 2 is 1.88 bits per heavy atom. The van der Waals surface area contributed by atoms with Crippen LogP contribution < -0.4 is 5.56 Å². The Bertz CT molecular complexity index is 1140. The number of benzene rings is 1. The van der Waals surface area contributed by atoms with Gasteiger partial charge in [-0.05, 0) is 18.2 Å². The van der Waals surface area contributed by atoms with Gasteiger partial charge in [-0.25, -0.2) is 4.98 Å². The summed E-state index contributed by atoms with van der Waals surface area (Å²) in [7, 11) is 0. The van der Waals surface area contributed by atoms with Crippen LogP contribution in [0.15, 0.2) is 53.5 Å². The summed E-state index contributed by atoms with van der Waals surface area (Å²) in [6, 6.07) is 13.1. The topological polar surface area (TPSA) is 65.6 Å². The molecule has 3 heterocycles. The monoisotopic (exact) mass is 321 g/mol. The molecule has 0 aliphatic heterocycles. The van der Waals surface area contributed by atoms with Gasteiger partial charge in [-0.15, -0.1) is 0 Å². The Balaban J connectivity index is 2.08. The van der Waals surface area contributed by atoms with Crippen LogP contribution in [0.3, 0.4) is 0 Å². The van der Waals surface area contributed by atoms with Gasteiger partial charge in [-0.2, -0.15) is 0 Å². The smallest absolute Gasteiger partial charge is 0.302 e. The largest absolute Gasteiger partial charge is 0.464 e. The van der Waals surface area contributed by atoms with Crippen molar-refractivity contribution < 1.29 is 9.53 Å². The predicted octanol–water partition coefficient (Wildman–Crippen LogP) is 2.37. The SMILES string of the molecule is CC(=O)OCCn1c(=O)c2ccccc2c2nc3ccccn3c21. The first-order valence-electron chi connectivity index (χ1n) is 7.68. The molecule has 4 aromatic rings. The number of fused-ring (bicyclic) bond motifs is 5. The number of nitrogens with zero attached hydrogens (tertiary/aromatic N) is 3. The minimum absolute atomic E-state index is 0.115. The quantitative estimate of drug-likeness (QED) is 0.543. The molecule has 4 rings (SSSR count). The minimum Gasteiger partial charge on any atom is -0.464 e. The molecular weight excluding hydrogens is 306 g/mol. The number of hydrogen-bond donors (Lipinski definition) is 0. The fourth-order valence-electron chi connectivity index (χ4n) is 3.03. The van der Waals surface area contributed by atoms with Gasteiger partial charge >= 0.3 is 5.97 Å². The summed E-state index contributed by atoms with van der Waals surface area (Å²) in [5.74, 6) is -0.363. The first-order chi connectivity index (χ1) is 11.7. The van der Waals surface area contributed by atoms with Crippen LogP contribution in [0, 0.1) is 0 Å². The molecule has 0 unspecified atom stereocenters. The molecule has 0 atom stereocenters. The highest BCUT2D eigenvalue weighted by Crippen LogP contribution is 2.23. The molecule has 6 nitrogen and oxygen atoms in total. The standard InChI is InChI=1S/C18H15N3O3/c1-12(22)24-11-10-21-17-16(19-15-8-4-5-9-20(15)17)13-6-2-3-7-14(13)18(21)23/h2-9H,10-11H2,1H3. The first-order valence-corrected chi connectivity index (χ1v) is 7.68. The number of rotatable bonds is 3. The Morgan fingerprint density at radius 3 is 2.67 bits per heavy atom. The Labute approximate surface area is 136 Å². The third-order valence-electron chi connectivity index (χ3n) is 4.04. The van der Waals surface area contributed by atoms with Crippen LogP contribution in [0.1, 0.15) is 6.92 Å². The van der Waals surface area contributed by atoms with E-state index in [2.05, 4.69) is 4.98 Å². The number of hydrogen-bond acceptors (Lipinski definition) is 4. The van der Waals surface area contributed by atoms with Crippen LogP contribution in [0.5, 0.6) is 0 Å². The summed E-state index contributed by atoms with van der Waals surface area (Å²) in [6.45, 7) is 1.78. The number of pyridine rings is 2. The zero-order chi connectivity index (χ0) is 16.7. The lowest BCUT2D eigenvalue weighted by Crippen LogP contribution is -2.24. The van der Waals surface area contributed by atoms with E-state index in [0.29, 0.717) is 11.0 Å². The fourth-order valence-corrected chi connectivity index (χ4v) is 3.03. The van der Waals surface area contributed by atoms with Crippen molar-refractivity contribution in [2.24, 2.45) is 0 Å². The van der Waals surface area contributed by atoms with Crippen molar-refractivity contribution in [2.75, 3.05) is 6.61 Å². The highest BCUT2D eigenvalue weighted by atomic mass is 16.5. The van der Waals surface area contributed by atoms with Gasteiger partial charge in [0.2, 0.25) is 0 Å². The van der Waals surface area contributed by atoms with Crippen molar-refractivity contribution in [3.63, 3.8) is 0 Å². The molecule has 1 aromatic carbocycles. The molecule has 0 fully saturated rings. The molecule has 0 amide bonds. The van der Waals surface area contributed by atoms with Gasteiger partial charge in [0.05, 0.1) is 6.54 Å². The van der Waals surface area contributed by atoms with E-state index in [1.807, 2.05) is 47.0 Å². The summed E-state index contributed by atoms with van der Waals surface area (Å²) in [5, 5.41) is 1.43. The van der Waals surface area contributed by atoms with Crippen molar-refractivity contribution >= 4 is 33.6 Å². The summed E-state index contributed by atoms with van der Waals surface area (Å²) >= 11 is 0. The molecule has 120 valence electrons. The minimum atomic E-state index is -0.363. The van der Waals surface area contributed by atoms with Gasteiger partial charge in [0, 0.05) is 23.9 Å². The van der Waals surface area contributed by atoms with Gasteiger partial charge in [-0.1, -0.05) is 24.3 Å². The van der Waals surface area contributed by atoms with Crippen molar-refractivity contribution in [1.29, 1.82) is 0 Å². The predicted molar refractivity (Wildman–Crippen MR) is 91.1 cm³/mol. The highest BCUT2D eigenvalue weighted by molar-refractivity contribution is 6.03. The molecule has 24 heavy (non-hydrogen) atoms. The maximum atomic E-state index is 12.9. The summed E-state index contributed by atoms with van der Waals surface area (Å²) in [5.41, 5.74) is 2.13. The van der Waals surface area contributed by atoms with E-state index in [1.165, 1.54) is 6.92 Å². The molecule has 0 spiro atoms. The van der Waals surface area contributed by atoms with Gasteiger partial charge < -0.3 is 4.74 Å². The average molecular weight is 321 g/mol. The molecule has 0 N–H and O–H groups in total.